The Morgan fingerprint density at radius 1 is 1.54 bits per heavy atom. The van der Waals surface area contributed by atoms with Crippen molar-refractivity contribution in [3.8, 4) is 0 Å². The number of piperidine rings is 1. The summed E-state index contributed by atoms with van der Waals surface area (Å²) in [7, 11) is 1.68. The zero-order chi connectivity index (χ0) is 9.84. The molecule has 1 rings (SSSR count). The number of hydrogen-bond donors (Lipinski definition) is 0. The minimum atomic E-state index is -2.22. The lowest BCUT2D eigenvalue weighted by molar-refractivity contribution is -0.00785. The van der Waals surface area contributed by atoms with E-state index in [-0.39, 0.29) is 18.7 Å². The fraction of sp³-hybridized carbons (Fsp3) is 1.00. The number of ether oxygens (including phenoxy) is 1. The fourth-order valence-corrected chi connectivity index (χ4v) is 1.84. The summed E-state index contributed by atoms with van der Waals surface area (Å²) < 4.78 is 29.4. The Bertz CT molecular complexity index is 155. The number of nitrogens with zero attached hydrogens (tertiary/aromatic N) is 1. The average molecular weight is 193 g/mol. The molecule has 0 N–H and O–H groups in total. The van der Waals surface area contributed by atoms with E-state index in [4.69, 9.17) is 4.74 Å². The van der Waals surface area contributed by atoms with Crippen LogP contribution in [0.2, 0.25) is 0 Å². The molecule has 2 nitrogen and oxygen atoms in total. The number of methoxy groups -OCH3 is 1. The zero-order valence-corrected chi connectivity index (χ0v) is 8.17. The van der Waals surface area contributed by atoms with Gasteiger partial charge in [-0.25, -0.2) is 8.78 Å². The van der Waals surface area contributed by atoms with Gasteiger partial charge in [-0.1, -0.05) is 0 Å². The first-order valence-corrected chi connectivity index (χ1v) is 4.68. The van der Waals surface area contributed by atoms with Crippen LogP contribution in [0.15, 0.2) is 0 Å². The van der Waals surface area contributed by atoms with Crippen molar-refractivity contribution in [1.82, 2.24) is 4.90 Å². The van der Waals surface area contributed by atoms with Gasteiger partial charge in [0.25, 0.3) is 6.43 Å². The maximum atomic E-state index is 12.1. The van der Waals surface area contributed by atoms with Crippen molar-refractivity contribution in [3.05, 3.63) is 0 Å². The maximum absolute atomic E-state index is 12.1. The summed E-state index contributed by atoms with van der Waals surface area (Å²) >= 11 is 0. The highest BCUT2D eigenvalue weighted by Crippen LogP contribution is 2.19. The number of alkyl halides is 2. The van der Waals surface area contributed by atoms with Gasteiger partial charge in [0, 0.05) is 19.7 Å². The highest BCUT2D eigenvalue weighted by molar-refractivity contribution is 4.79. The molecule has 1 saturated heterocycles. The Morgan fingerprint density at radius 3 is 2.69 bits per heavy atom. The van der Waals surface area contributed by atoms with E-state index in [0.717, 1.165) is 19.4 Å². The van der Waals surface area contributed by atoms with Gasteiger partial charge in [-0.15, -0.1) is 0 Å². The first kappa shape index (κ1) is 10.9. The van der Waals surface area contributed by atoms with E-state index < -0.39 is 6.43 Å². The van der Waals surface area contributed by atoms with E-state index in [0.29, 0.717) is 0 Å². The maximum Gasteiger partial charge on any atom is 0.251 e. The lowest BCUT2D eigenvalue weighted by Gasteiger charge is -2.36. The minimum absolute atomic E-state index is 0.0996. The predicted molar refractivity (Wildman–Crippen MR) is 47.1 cm³/mol. The lowest BCUT2D eigenvalue weighted by Crippen LogP contribution is -2.45. The van der Waals surface area contributed by atoms with Crippen LogP contribution in [0.4, 0.5) is 8.78 Å². The molecule has 1 heterocycles. The molecule has 4 heteroatoms. The summed E-state index contributed by atoms with van der Waals surface area (Å²) in [5.74, 6) is 0. The van der Waals surface area contributed by atoms with Crippen molar-refractivity contribution in [3.63, 3.8) is 0 Å². The standard InChI is InChI=1S/C9H17F2NO/c1-7-5-8(13-2)3-4-12(7)6-9(10)11/h7-9H,3-6H2,1-2H3. The third-order valence-electron chi connectivity index (χ3n) is 2.67. The van der Waals surface area contributed by atoms with Crippen LogP contribution in [0, 0.1) is 0 Å². The molecule has 1 aliphatic heterocycles. The van der Waals surface area contributed by atoms with Crippen LogP contribution in [0.1, 0.15) is 19.8 Å². The van der Waals surface area contributed by atoms with Crippen LogP contribution in [0.25, 0.3) is 0 Å². The highest BCUT2D eigenvalue weighted by atomic mass is 19.3. The predicted octanol–water partition coefficient (Wildman–Crippen LogP) is 1.75. The summed E-state index contributed by atoms with van der Waals surface area (Å²) in [4.78, 5) is 1.83. The average Bonchev–Trinajstić information content (AvgIpc) is 2.08. The minimum Gasteiger partial charge on any atom is -0.381 e. The van der Waals surface area contributed by atoms with Crippen LogP contribution in [0.3, 0.4) is 0 Å². The Labute approximate surface area is 77.9 Å². The molecule has 78 valence electrons. The third-order valence-corrected chi connectivity index (χ3v) is 2.67. The van der Waals surface area contributed by atoms with Crippen molar-refractivity contribution < 1.29 is 13.5 Å². The monoisotopic (exact) mass is 193 g/mol. The number of halogens is 2. The molecule has 1 aliphatic rings. The summed E-state index contributed by atoms with van der Waals surface area (Å²) in [5, 5.41) is 0. The molecule has 0 saturated carbocycles. The van der Waals surface area contributed by atoms with E-state index in [1.165, 1.54) is 0 Å². The van der Waals surface area contributed by atoms with E-state index in [1.54, 1.807) is 7.11 Å². The summed E-state index contributed by atoms with van der Waals surface area (Å²) in [5.41, 5.74) is 0. The zero-order valence-electron chi connectivity index (χ0n) is 8.17. The second-order valence-corrected chi connectivity index (χ2v) is 3.62. The van der Waals surface area contributed by atoms with Gasteiger partial charge >= 0.3 is 0 Å². The molecule has 2 unspecified atom stereocenters. The van der Waals surface area contributed by atoms with Gasteiger partial charge < -0.3 is 4.74 Å². The molecule has 0 aromatic rings. The van der Waals surface area contributed by atoms with E-state index in [1.807, 2.05) is 11.8 Å². The van der Waals surface area contributed by atoms with E-state index >= 15 is 0 Å². The summed E-state index contributed by atoms with van der Waals surface area (Å²) in [6.07, 6.45) is -0.234. The highest BCUT2D eigenvalue weighted by Gasteiger charge is 2.26. The van der Waals surface area contributed by atoms with Crippen molar-refractivity contribution in [2.24, 2.45) is 0 Å². The molecule has 0 radical (unpaired) electrons. The van der Waals surface area contributed by atoms with E-state index in [9.17, 15) is 8.78 Å². The molecule has 0 aromatic carbocycles. The topological polar surface area (TPSA) is 12.5 Å². The van der Waals surface area contributed by atoms with Gasteiger partial charge in [0.1, 0.15) is 0 Å². The largest absolute Gasteiger partial charge is 0.381 e. The molecular weight excluding hydrogens is 176 g/mol. The lowest BCUT2D eigenvalue weighted by atomic mass is 10.0. The van der Waals surface area contributed by atoms with E-state index in [2.05, 4.69) is 0 Å². The van der Waals surface area contributed by atoms with Gasteiger partial charge in [0.15, 0.2) is 0 Å². The first-order chi connectivity index (χ1) is 6.13. The van der Waals surface area contributed by atoms with Gasteiger partial charge in [-0.2, -0.15) is 0 Å². The number of likely N-dealkylation sites (tertiary alicyclic amines) is 1. The van der Waals surface area contributed by atoms with Crippen LogP contribution in [-0.4, -0.2) is 43.7 Å². The first-order valence-electron chi connectivity index (χ1n) is 4.68. The van der Waals surface area contributed by atoms with Crippen LogP contribution in [-0.2, 0) is 4.74 Å². The second kappa shape index (κ2) is 4.86. The smallest absolute Gasteiger partial charge is 0.251 e. The number of rotatable bonds is 3. The molecule has 0 aromatic heterocycles. The Hall–Kier alpha value is -0.220. The molecular formula is C9H17F2NO. The molecule has 0 bridgehead atoms. The van der Waals surface area contributed by atoms with Crippen LogP contribution >= 0.6 is 0 Å². The molecule has 0 aliphatic carbocycles. The normalized spacial score (nSPS) is 31.2. The summed E-state index contributed by atoms with van der Waals surface area (Å²) in [6, 6.07) is 0.215. The Morgan fingerprint density at radius 2 is 2.23 bits per heavy atom. The van der Waals surface area contributed by atoms with Gasteiger partial charge in [0.2, 0.25) is 0 Å². The Balaban J connectivity index is 2.35. The third kappa shape index (κ3) is 3.19. The second-order valence-electron chi connectivity index (χ2n) is 3.62. The quantitative estimate of drug-likeness (QED) is 0.677. The van der Waals surface area contributed by atoms with Crippen molar-refractivity contribution in [2.45, 2.75) is 38.3 Å². The fourth-order valence-electron chi connectivity index (χ4n) is 1.84. The SMILES string of the molecule is COC1CCN(CC(F)F)C(C)C1. The molecule has 0 amide bonds. The molecule has 13 heavy (non-hydrogen) atoms. The van der Waals surface area contributed by atoms with Crippen LogP contribution < -0.4 is 0 Å². The van der Waals surface area contributed by atoms with Crippen molar-refractivity contribution in [1.29, 1.82) is 0 Å². The van der Waals surface area contributed by atoms with Crippen molar-refractivity contribution in [2.75, 3.05) is 20.2 Å². The summed E-state index contributed by atoms with van der Waals surface area (Å²) in [6.45, 7) is 2.61. The van der Waals surface area contributed by atoms with Crippen LogP contribution in [0.5, 0.6) is 0 Å². The van der Waals surface area contributed by atoms with Gasteiger partial charge in [-0.3, -0.25) is 4.90 Å². The molecule has 0 spiro atoms. The van der Waals surface area contributed by atoms with Gasteiger partial charge in [-0.05, 0) is 19.8 Å². The van der Waals surface area contributed by atoms with Gasteiger partial charge in [0.05, 0.1) is 12.6 Å². The number of hydrogen-bond acceptors (Lipinski definition) is 2. The van der Waals surface area contributed by atoms with Crippen molar-refractivity contribution >= 4 is 0 Å². The molecule has 1 fully saturated rings. The molecule has 2 atom stereocenters. The Kier molecular flexibility index (Phi) is 4.06.